The van der Waals surface area contributed by atoms with Crippen LogP contribution in [0.3, 0.4) is 0 Å². The van der Waals surface area contributed by atoms with Crippen LogP contribution in [0.15, 0.2) is 67.1 Å². The van der Waals surface area contributed by atoms with E-state index in [1.165, 1.54) is 30.4 Å². The number of nitrogens with zero attached hydrogens (tertiary/aromatic N) is 4. The van der Waals surface area contributed by atoms with E-state index in [4.69, 9.17) is 4.98 Å². The van der Waals surface area contributed by atoms with E-state index in [2.05, 4.69) is 71.0 Å². The second-order valence-corrected chi connectivity index (χ2v) is 8.81. The molecule has 3 aromatic heterocycles. The predicted molar refractivity (Wildman–Crippen MR) is 136 cm³/mol. The van der Waals surface area contributed by atoms with Gasteiger partial charge in [-0.25, -0.2) is 4.98 Å². The molecule has 2 N–H and O–H groups in total. The highest BCUT2D eigenvalue weighted by molar-refractivity contribution is 5.61. The quantitative estimate of drug-likeness (QED) is 0.260. The molecule has 0 bridgehead atoms. The Balaban J connectivity index is 1.34. The zero-order valence-electron chi connectivity index (χ0n) is 19.7. The first kappa shape index (κ1) is 22.8. The number of pyridine rings is 1. The number of aromatic nitrogens is 4. The molecule has 4 aromatic rings. The van der Waals surface area contributed by atoms with Crippen LogP contribution in [0, 0.1) is 0 Å². The van der Waals surface area contributed by atoms with Gasteiger partial charge < -0.3 is 10.6 Å². The summed E-state index contributed by atoms with van der Waals surface area (Å²) in [6.45, 7) is 6.02. The SMILES string of the molecule is CC(C)c1cnn2c(NCc3ccccc3)cc(NCCCCCCc3cccnc3)nc12. The summed E-state index contributed by atoms with van der Waals surface area (Å²) in [7, 11) is 0. The third kappa shape index (κ3) is 6.31. The number of nitrogens with one attached hydrogen (secondary N) is 2. The number of benzene rings is 1. The molecule has 0 saturated heterocycles. The summed E-state index contributed by atoms with van der Waals surface area (Å²) in [6.07, 6.45) is 11.6. The molecular formula is C27H34N6. The van der Waals surface area contributed by atoms with Gasteiger partial charge in [0.1, 0.15) is 11.6 Å². The van der Waals surface area contributed by atoms with Crippen molar-refractivity contribution < 1.29 is 0 Å². The number of unbranched alkanes of at least 4 members (excludes halogenated alkanes) is 3. The molecule has 4 rings (SSSR count). The van der Waals surface area contributed by atoms with Crippen LogP contribution < -0.4 is 10.6 Å². The summed E-state index contributed by atoms with van der Waals surface area (Å²) in [6, 6.07) is 16.6. The molecule has 0 aliphatic carbocycles. The molecule has 1 aromatic carbocycles. The van der Waals surface area contributed by atoms with Gasteiger partial charge in [-0.05, 0) is 42.4 Å². The summed E-state index contributed by atoms with van der Waals surface area (Å²) >= 11 is 0. The first-order chi connectivity index (χ1) is 16.2. The lowest BCUT2D eigenvalue weighted by Crippen LogP contribution is -2.10. The average molecular weight is 443 g/mol. The summed E-state index contributed by atoms with van der Waals surface area (Å²) in [5.74, 6) is 2.22. The molecule has 3 heterocycles. The highest BCUT2D eigenvalue weighted by atomic mass is 15.3. The van der Waals surface area contributed by atoms with Crippen LogP contribution in [0.1, 0.15) is 62.1 Å². The van der Waals surface area contributed by atoms with E-state index in [9.17, 15) is 0 Å². The third-order valence-electron chi connectivity index (χ3n) is 5.86. The van der Waals surface area contributed by atoms with Crippen molar-refractivity contribution in [1.29, 1.82) is 0 Å². The molecule has 0 saturated carbocycles. The molecule has 0 fully saturated rings. The van der Waals surface area contributed by atoms with E-state index in [1.54, 1.807) is 0 Å². The molecule has 6 nitrogen and oxygen atoms in total. The molecule has 0 unspecified atom stereocenters. The molecule has 33 heavy (non-hydrogen) atoms. The average Bonchev–Trinajstić information content (AvgIpc) is 3.28. The lowest BCUT2D eigenvalue weighted by atomic mass is 10.1. The number of aryl methyl sites for hydroxylation is 1. The highest BCUT2D eigenvalue weighted by Crippen LogP contribution is 2.24. The zero-order chi connectivity index (χ0) is 22.9. The van der Waals surface area contributed by atoms with E-state index in [0.717, 1.165) is 48.8 Å². The van der Waals surface area contributed by atoms with Gasteiger partial charge in [0, 0.05) is 37.1 Å². The van der Waals surface area contributed by atoms with Crippen molar-refractivity contribution in [3.05, 3.63) is 83.8 Å². The van der Waals surface area contributed by atoms with Gasteiger partial charge in [-0.15, -0.1) is 0 Å². The summed E-state index contributed by atoms with van der Waals surface area (Å²) < 4.78 is 1.92. The van der Waals surface area contributed by atoms with E-state index >= 15 is 0 Å². The largest absolute Gasteiger partial charge is 0.370 e. The Morgan fingerprint density at radius 3 is 2.48 bits per heavy atom. The first-order valence-electron chi connectivity index (χ1n) is 12.0. The monoisotopic (exact) mass is 442 g/mol. The molecule has 172 valence electrons. The summed E-state index contributed by atoms with van der Waals surface area (Å²) in [4.78, 5) is 9.08. The highest BCUT2D eigenvalue weighted by Gasteiger charge is 2.14. The van der Waals surface area contributed by atoms with Crippen molar-refractivity contribution in [1.82, 2.24) is 19.6 Å². The topological polar surface area (TPSA) is 67.1 Å². The number of rotatable bonds is 12. The normalized spacial score (nSPS) is 11.2. The van der Waals surface area contributed by atoms with Crippen molar-refractivity contribution in [2.24, 2.45) is 0 Å². The van der Waals surface area contributed by atoms with Crippen molar-refractivity contribution in [3.8, 4) is 0 Å². The fourth-order valence-corrected chi connectivity index (χ4v) is 3.96. The van der Waals surface area contributed by atoms with E-state index in [0.29, 0.717) is 5.92 Å². The number of anilines is 2. The van der Waals surface area contributed by atoms with Crippen LogP contribution in [0.2, 0.25) is 0 Å². The van der Waals surface area contributed by atoms with Gasteiger partial charge in [0.25, 0.3) is 0 Å². The number of hydrogen-bond donors (Lipinski definition) is 2. The maximum absolute atomic E-state index is 4.89. The Morgan fingerprint density at radius 2 is 1.70 bits per heavy atom. The first-order valence-corrected chi connectivity index (χ1v) is 12.0. The molecule has 0 spiro atoms. The van der Waals surface area contributed by atoms with Crippen LogP contribution in [-0.4, -0.2) is 26.1 Å². The number of hydrogen-bond acceptors (Lipinski definition) is 5. The van der Waals surface area contributed by atoms with Gasteiger partial charge in [-0.2, -0.15) is 9.61 Å². The minimum absolute atomic E-state index is 0.368. The van der Waals surface area contributed by atoms with Crippen molar-refractivity contribution in [2.75, 3.05) is 17.2 Å². The van der Waals surface area contributed by atoms with E-state index in [1.807, 2.05) is 35.2 Å². The van der Waals surface area contributed by atoms with Crippen molar-refractivity contribution >= 4 is 17.3 Å². The lowest BCUT2D eigenvalue weighted by molar-refractivity contribution is 0.653. The molecular weight excluding hydrogens is 408 g/mol. The molecule has 6 heteroatoms. The second-order valence-electron chi connectivity index (χ2n) is 8.81. The predicted octanol–water partition coefficient (Wildman–Crippen LogP) is 6.07. The number of fused-ring (bicyclic) bond motifs is 1. The maximum atomic E-state index is 4.89. The Hall–Kier alpha value is -3.41. The Morgan fingerprint density at radius 1 is 0.879 bits per heavy atom. The van der Waals surface area contributed by atoms with Crippen LogP contribution >= 0.6 is 0 Å². The molecule has 0 radical (unpaired) electrons. The van der Waals surface area contributed by atoms with E-state index in [-0.39, 0.29) is 0 Å². The summed E-state index contributed by atoms with van der Waals surface area (Å²) in [5.41, 5.74) is 4.64. The molecule has 0 aliphatic heterocycles. The second kappa shape index (κ2) is 11.5. The van der Waals surface area contributed by atoms with Crippen LogP contribution in [0.5, 0.6) is 0 Å². The van der Waals surface area contributed by atoms with Gasteiger partial charge >= 0.3 is 0 Å². The fraction of sp³-hybridized carbons (Fsp3) is 0.370. The smallest absolute Gasteiger partial charge is 0.163 e. The maximum Gasteiger partial charge on any atom is 0.163 e. The third-order valence-corrected chi connectivity index (χ3v) is 5.86. The summed E-state index contributed by atoms with van der Waals surface area (Å²) in [5, 5.41) is 11.7. The van der Waals surface area contributed by atoms with Crippen LogP contribution in [-0.2, 0) is 13.0 Å². The van der Waals surface area contributed by atoms with Crippen molar-refractivity contribution in [2.45, 2.75) is 58.4 Å². The van der Waals surface area contributed by atoms with Crippen molar-refractivity contribution in [3.63, 3.8) is 0 Å². The van der Waals surface area contributed by atoms with Gasteiger partial charge in [-0.1, -0.05) is 63.1 Å². The van der Waals surface area contributed by atoms with Crippen LogP contribution in [0.25, 0.3) is 5.65 Å². The molecule has 0 atom stereocenters. The molecule has 0 aliphatic rings. The standard InChI is InChI=1S/C27H34N6/c1-21(2)24-20-31-33-26(30-19-23-12-7-5-8-13-23)17-25(32-27(24)33)29-16-9-4-3-6-11-22-14-10-15-28-18-22/h5,7-8,10,12-15,17-18,20-21,30H,3-4,6,9,11,16,19H2,1-2H3,(H,29,32). The molecule has 0 amide bonds. The zero-order valence-corrected chi connectivity index (χ0v) is 19.7. The Labute approximate surface area is 196 Å². The lowest BCUT2D eigenvalue weighted by Gasteiger charge is -2.13. The van der Waals surface area contributed by atoms with E-state index < -0.39 is 0 Å². The minimum atomic E-state index is 0.368. The van der Waals surface area contributed by atoms with Gasteiger partial charge in [0.05, 0.1) is 6.20 Å². The Bertz CT molecular complexity index is 1120. The fourth-order valence-electron chi connectivity index (χ4n) is 3.96. The van der Waals surface area contributed by atoms with Gasteiger partial charge in [0.15, 0.2) is 5.65 Å². The van der Waals surface area contributed by atoms with Gasteiger partial charge in [0.2, 0.25) is 0 Å². The minimum Gasteiger partial charge on any atom is -0.370 e. The van der Waals surface area contributed by atoms with Gasteiger partial charge in [-0.3, -0.25) is 4.98 Å². The van der Waals surface area contributed by atoms with Crippen LogP contribution in [0.4, 0.5) is 11.6 Å². The Kier molecular flexibility index (Phi) is 7.90.